The zero-order valence-corrected chi connectivity index (χ0v) is 14.3. The van der Waals surface area contributed by atoms with E-state index in [4.69, 9.17) is 19.9 Å². The van der Waals surface area contributed by atoms with Crippen molar-refractivity contribution in [2.45, 2.75) is 26.7 Å². The van der Waals surface area contributed by atoms with Gasteiger partial charge in [-0.3, -0.25) is 0 Å². The minimum atomic E-state index is -1.01. The largest absolute Gasteiger partial charge is 0.494 e. The molecule has 2 N–H and O–H groups in total. The lowest BCUT2D eigenvalue weighted by Gasteiger charge is -2.27. The highest BCUT2D eigenvalue weighted by Crippen LogP contribution is 2.41. The number of hydrogen-bond donors (Lipinski definition) is 1. The Morgan fingerprint density at radius 1 is 1.40 bits per heavy atom. The van der Waals surface area contributed by atoms with E-state index < -0.39 is 17.7 Å². The van der Waals surface area contributed by atoms with Crippen molar-refractivity contribution in [1.82, 2.24) is 0 Å². The molecule has 25 heavy (non-hydrogen) atoms. The van der Waals surface area contributed by atoms with E-state index in [-0.39, 0.29) is 35.0 Å². The number of halogens is 1. The number of benzene rings is 1. The fourth-order valence-electron chi connectivity index (χ4n) is 2.66. The quantitative estimate of drug-likeness (QED) is 0.824. The number of allylic oxidation sites excluding steroid dienone is 2. The molecule has 1 aliphatic rings. The lowest BCUT2D eigenvalue weighted by atomic mass is 9.83. The van der Waals surface area contributed by atoms with E-state index >= 15 is 0 Å². The minimum absolute atomic E-state index is 0.0447. The van der Waals surface area contributed by atoms with Crippen molar-refractivity contribution >= 4 is 5.97 Å². The molecule has 0 aliphatic carbocycles. The molecule has 1 unspecified atom stereocenters. The van der Waals surface area contributed by atoms with Crippen LogP contribution in [0.15, 0.2) is 41.0 Å². The van der Waals surface area contributed by atoms with Gasteiger partial charge in [0.25, 0.3) is 0 Å². The van der Waals surface area contributed by atoms with Gasteiger partial charge in [0.05, 0.1) is 24.7 Å². The zero-order chi connectivity index (χ0) is 18.6. The molecule has 1 aromatic rings. The van der Waals surface area contributed by atoms with E-state index in [9.17, 15) is 14.4 Å². The second-order valence-electron chi connectivity index (χ2n) is 5.23. The van der Waals surface area contributed by atoms with Crippen molar-refractivity contribution in [1.29, 1.82) is 5.26 Å². The van der Waals surface area contributed by atoms with Crippen LogP contribution in [0.4, 0.5) is 4.39 Å². The van der Waals surface area contributed by atoms with Gasteiger partial charge in [0, 0.05) is 11.6 Å². The van der Waals surface area contributed by atoms with Gasteiger partial charge in [-0.25, -0.2) is 9.18 Å². The summed E-state index contributed by atoms with van der Waals surface area (Å²) in [5, 5.41) is 9.45. The Balaban J connectivity index is 2.61. The topological polar surface area (TPSA) is 94.6 Å². The molecule has 1 aromatic carbocycles. The van der Waals surface area contributed by atoms with E-state index in [1.165, 1.54) is 19.1 Å². The predicted molar refractivity (Wildman–Crippen MR) is 87.6 cm³/mol. The molecular weight excluding hydrogens is 327 g/mol. The number of nitriles is 1. The van der Waals surface area contributed by atoms with Crippen molar-refractivity contribution in [3.8, 4) is 11.8 Å². The van der Waals surface area contributed by atoms with Gasteiger partial charge < -0.3 is 19.9 Å². The summed E-state index contributed by atoms with van der Waals surface area (Å²) in [6.45, 7) is 5.48. The average molecular weight is 346 g/mol. The van der Waals surface area contributed by atoms with Gasteiger partial charge in [-0.2, -0.15) is 5.26 Å². The standard InChI is InChI=1S/C18H19FN2O4/c1-4-23-11-6-7-12(14(19)8-11)16-13(9-20)17(21)25-10(3)15(16)18(22)24-5-2/h6-8,16H,4-5,21H2,1-3H3. The number of carbonyl (C=O) groups excluding carboxylic acids is 1. The molecule has 132 valence electrons. The Labute approximate surface area is 145 Å². The zero-order valence-electron chi connectivity index (χ0n) is 14.3. The van der Waals surface area contributed by atoms with Gasteiger partial charge in [-0.05, 0) is 26.8 Å². The fraction of sp³-hybridized carbons (Fsp3) is 0.333. The molecular formula is C18H19FN2O4. The van der Waals surface area contributed by atoms with Crippen LogP contribution in [-0.2, 0) is 14.3 Å². The molecule has 0 bridgehead atoms. The number of carbonyl (C=O) groups is 1. The SMILES string of the molecule is CCOC(=O)C1=C(C)OC(N)=C(C#N)C1c1ccc(OCC)cc1F. The van der Waals surface area contributed by atoms with Crippen molar-refractivity contribution in [2.75, 3.05) is 13.2 Å². The third kappa shape index (κ3) is 3.58. The number of nitrogens with zero attached hydrogens (tertiary/aromatic N) is 1. The van der Waals surface area contributed by atoms with E-state index in [2.05, 4.69) is 0 Å². The van der Waals surface area contributed by atoms with Crippen molar-refractivity contribution in [3.63, 3.8) is 0 Å². The molecule has 0 spiro atoms. The van der Waals surface area contributed by atoms with Crippen molar-refractivity contribution in [3.05, 3.63) is 52.4 Å². The lowest BCUT2D eigenvalue weighted by molar-refractivity contribution is -0.139. The fourth-order valence-corrected chi connectivity index (χ4v) is 2.66. The highest BCUT2D eigenvalue weighted by molar-refractivity contribution is 5.92. The summed E-state index contributed by atoms with van der Waals surface area (Å²) in [5.74, 6) is -1.94. The summed E-state index contributed by atoms with van der Waals surface area (Å²) >= 11 is 0. The predicted octanol–water partition coefficient (Wildman–Crippen LogP) is 2.87. The van der Waals surface area contributed by atoms with Crippen LogP contribution in [0.1, 0.15) is 32.3 Å². The van der Waals surface area contributed by atoms with E-state index in [0.717, 1.165) is 0 Å². The molecule has 6 nitrogen and oxygen atoms in total. The van der Waals surface area contributed by atoms with Crippen LogP contribution in [0.25, 0.3) is 0 Å². The summed E-state index contributed by atoms with van der Waals surface area (Å²) in [5.41, 5.74) is 5.90. The molecule has 0 fully saturated rings. The Kier molecular flexibility index (Phi) is 5.65. The van der Waals surface area contributed by atoms with Crippen LogP contribution in [0.2, 0.25) is 0 Å². The highest BCUT2D eigenvalue weighted by Gasteiger charge is 2.37. The van der Waals surface area contributed by atoms with Gasteiger partial charge in [-0.15, -0.1) is 0 Å². The maximum absolute atomic E-state index is 14.7. The highest BCUT2D eigenvalue weighted by atomic mass is 19.1. The first-order chi connectivity index (χ1) is 11.9. The first-order valence-corrected chi connectivity index (χ1v) is 7.82. The molecule has 0 saturated carbocycles. The summed E-state index contributed by atoms with van der Waals surface area (Å²) in [4.78, 5) is 12.4. The number of hydrogen-bond acceptors (Lipinski definition) is 6. The number of nitrogens with two attached hydrogens (primary N) is 1. The van der Waals surface area contributed by atoms with E-state index in [1.54, 1.807) is 19.9 Å². The van der Waals surface area contributed by atoms with Gasteiger partial charge in [0.1, 0.15) is 29.0 Å². The van der Waals surface area contributed by atoms with E-state index in [0.29, 0.717) is 12.4 Å². The molecule has 0 saturated heterocycles. The summed E-state index contributed by atoms with van der Waals surface area (Å²) in [7, 11) is 0. The molecule has 2 rings (SSSR count). The smallest absolute Gasteiger partial charge is 0.338 e. The maximum atomic E-state index is 14.7. The van der Waals surface area contributed by atoms with E-state index in [1.807, 2.05) is 6.07 Å². The molecule has 0 aromatic heterocycles. The van der Waals surface area contributed by atoms with Gasteiger partial charge in [0.2, 0.25) is 5.88 Å². The monoisotopic (exact) mass is 346 g/mol. The van der Waals surface area contributed by atoms with Crippen LogP contribution < -0.4 is 10.5 Å². The first-order valence-electron chi connectivity index (χ1n) is 7.82. The van der Waals surface area contributed by atoms with Crippen molar-refractivity contribution in [2.24, 2.45) is 5.73 Å². The second kappa shape index (κ2) is 7.71. The lowest BCUT2D eigenvalue weighted by Crippen LogP contribution is -2.26. The Morgan fingerprint density at radius 3 is 2.68 bits per heavy atom. The third-order valence-corrected chi connectivity index (χ3v) is 3.69. The molecule has 0 radical (unpaired) electrons. The normalized spacial score (nSPS) is 17.0. The van der Waals surface area contributed by atoms with Crippen LogP contribution in [0, 0.1) is 17.1 Å². The molecule has 7 heteroatoms. The van der Waals surface area contributed by atoms with Crippen LogP contribution >= 0.6 is 0 Å². The first kappa shape index (κ1) is 18.3. The minimum Gasteiger partial charge on any atom is -0.494 e. The number of rotatable bonds is 5. The average Bonchev–Trinajstić information content (AvgIpc) is 2.55. The summed E-state index contributed by atoms with van der Waals surface area (Å²) in [6, 6.07) is 6.15. The Morgan fingerprint density at radius 2 is 2.12 bits per heavy atom. The summed E-state index contributed by atoms with van der Waals surface area (Å²) < 4.78 is 30.3. The molecule has 1 atom stereocenters. The van der Waals surface area contributed by atoms with Crippen LogP contribution in [0.5, 0.6) is 5.75 Å². The number of ether oxygens (including phenoxy) is 3. The molecule has 1 aliphatic heterocycles. The van der Waals surface area contributed by atoms with Crippen LogP contribution in [0.3, 0.4) is 0 Å². The number of esters is 1. The Hall–Kier alpha value is -3.01. The second-order valence-corrected chi connectivity index (χ2v) is 5.23. The third-order valence-electron chi connectivity index (χ3n) is 3.69. The van der Waals surface area contributed by atoms with Gasteiger partial charge in [-0.1, -0.05) is 6.07 Å². The van der Waals surface area contributed by atoms with Crippen LogP contribution in [-0.4, -0.2) is 19.2 Å². The Bertz CT molecular complexity index is 793. The maximum Gasteiger partial charge on any atom is 0.338 e. The van der Waals surface area contributed by atoms with Crippen molar-refractivity contribution < 1.29 is 23.4 Å². The van der Waals surface area contributed by atoms with Gasteiger partial charge in [0.15, 0.2) is 0 Å². The molecule has 1 heterocycles. The van der Waals surface area contributed by atoms with Gasteiger partial charge >= 0.3 is 5.97 Å². The summed E-state index contributed by atoms with van der Waals surface area (Å²) in [6.07, 6.45) is 0. The molecule has 0 amide bonds.